The van der Waals surface area contributed by atoms with E-state index in [0.29, 0.717) is 17.4 Å². The van der Waals surface area contributed by atoms with Crippen LogP contribution in [0, 0.1) is 0 Å². The third-order valence-electron chi connectivity index (χ3n) is 9.10. The summed E-state index contributed by atoms with van der Waals surface area (Å²) in [5, 5.41) is 11.7. The summed E-state index contributed by atoms with van der Waals surface area (Å²) in [5.41, 5.74) is 0. The lowest BCUT2D eigenvalue weighted by molar-refractivity contribution is -0.870. The smallest absolute Gasteiger partial charge is 0.306 e. The van der Waals surface area contributed by atoms with Crippen LogP contribution in [0.15, 0.2) is 48.6 Å². The molecule has 0 fully saturated rings. The van der Waals surface area contributed by atoms with E-state index in [9.17, 15) is 19.5 Å². The SMILES string of the molecule is CC/C=C\C/C=C\C/C=C\C/C=C\CCC(=O)OC(COC(=O)CCCCCCCCCCCCCCCCCCC)COC(OCC[N+](C)(C)C)C(=O)[O-]. The predicted molar refractivity (Wildman–Crippen MR) is 223 cm³/mol. The van der Waals surface area contributed by atoms with Gasteiger partial charge in [0.2, 0.25) is 0 Å². The summed E-state index contributed by atoms with van der Waals surface area (Å²) >= 11 is 0. The van der Waals surface area contributed by atoms with Crippen LogP contribution < -0.4 is 5.11 Å². The highest BCUT2D eigenvalue weighted by molar-refractivity contribution is 5.70. The van der Waals surface area contributed by atoms with E-state index in [1.807, 2.05) is 33.3 Å². The number of allylic oxidation sites excluding steroid dienone is 8. The van der Waals surface area contributed by atoms with Crippen LogP contribution in [-0.4, -0.2) is 82.3 Å². The Balaban J connectivity index is 4.50. The minimum Gasteiger partial charge on any atom is -0.545 e. The number of rotatable bonds is 39. The molecule has 0 bridgehead atoms. The van der Waals surface area contributed by atoms with Gasteiger partial charge in [0.1, 0.15) is 13.2 Å². The molecule has 0 aromatic rings. The number of ether oxygens (including phenoxy) is 4. The van der Waals surface area contributed by atoms with E-state index < -0.39 is 24.3 Å². The van der Waals surface area contributed by atoms with Crippen LogP contribution in [0.25, 0.3) is 0 Å². The van der Waals surface area contributed by atoms with E-state index in [2.05, 4.69) is 50.3 Å². The second-order valence-electron chi connectivity index (χ2n) is 15.6. The number of hydrogen-bond acceptors (Lipinski definition) is 8. The number of carboxylic acid groups (broad SMARTS) is 1. The average molecular weight is 776 g/mol. The molecule has 0 spiro atoms. The number of aliphatic carboxylic acids is 1. The molecule has 2 atom stereocenters. The van der Waals surface area contributed by atoms with Gasteiger partial charge in [0.05, 0.1) is 40.3 Å². The van der Waals surface area contributed by atoms with Crippen LogP contribution >= 0.6 is 0 Å². The average Bonchev–Trinajstić information content (AvgIpc) is 3.14. The number of quaternary nitrogens is 1. The van der Waals surface area contributed by atoms with Gasteiger partial charge in [-0.1, -0.05) is 165 Å². The van der Waals surface area contributed by atoms with Crippen molar-refractivity contribution in [2.24, 2.45) is 0 Å². The van der Waals surface area contributed by atoms with Gasteiger partial charge in [-0.2, -0.15) is 0 Å². The summed E-state index contributed by atoms with van der Waals surface area (Å²) < 4.78 is 22.4. The first-order valence-corrected chi connectivity index (χ1v) is 21.8. The van der Waals surface area contributed by atoms with Crippen molar-refractivity contribution < 1.29 is 42.9 Å². The van der Waals surface area contributed by atoms with Crippen molar-refractivity contribution in [1.82, 2.24) is 0 Å². The molecule has 55 heavy (non-hydrogen) atoms. The number of nitrogens with zero attached hydrogens (tertiary/aromatic N) is 1. The highest BCUT2D eigenvalue weighted by Gasteiger charge is 2.21. The van der Waals surface area contributed by atoms with Crippen molar-refractivity contribution in [2.45, 2.75) is 180 Å². The lowest BCUT2D eigenvalue weighted by Gasteiger charge is -2.26. The number of likely N-dealkylation sites (N-methyl/N-ethyl adjacent to an activating group) is 1. The predicted octanol–water partition coefficient (Wildman–Crippen LogP) is 9.88. The van der Waals surface area contributed by atoms with Gasteiger partial charge in [-0.25, -0.2) is 0 Å². The van der Waals surface area contributed by atoms with Gasteiger partial charge in [-0.05, 0) is 38.5 Å². The molecule has 9 heteroatoms. The molecule has 0 saturated heterocycles. The van der Waals surface area contributed by atoms with Crippen LogP contribution in [0.1, 0.15) is 168 Å². The Morgan fingerprint density at radius 2 is 1.04 bits per heavy atom. The Hall–Kier alpha value is -2.75. The van der Waals surface area contributed by atoms with E-state index in [1.165, 1.54) is 89.9 Å². The molecule has 2 unspecified atom stereocenters. The molecular formula is C46H81NO8. The Labute approximate surface area is 336 Å². The third kappa shape index (κ3) is 39.3. The molecule has 0 aliphatic heterocycles. The summed E-state index contributed by atoms with van der Waals surface area (Å²) in [5.74, 6) is -2.39. The molecule has 0 radical (unpaired) electrons. The van der Waals surface area contributed by atoms with Crippen molar-refractivity contribution in [2.75, 3.05) is 47.5 Å². The zero-order chi connectivity index (χ0) is 40.7. The number of hydrogen-bond donors (Lipinski definition) is 0. The molecule has 0 aromatic heterocycles. The first-order valence-electron chi connectivity index (χ1n) is 21.8. The normalized spacial score (nSPS) is 13.4. The number of esters is 2. The van der Waals surface area contributed by atoms with E-state index >= 15 is 0 Å². The van der Waals surface area contributed by atoms with E-state index in [0.717, 1.165) is 44.9 Å². The summed E-state index contributed by atoms with van der Waals surface area (Å²) in [6, 6.07) is 0. The van der Waals surface area contributed by atoms with Crippen LogP contribution in [0.4, 0.5) is 0 Å². The van der Waals surface area contributed by atoms with Gasteiger partial charge in [-0.3, -0.25) is 9.59 Å². The molecule has 0 amide bonds. The minimum atomic E-state index is -1.64. The second-order valence-corrected chi connectivity index (χ2v) is 15.6. The fourth-order valence-electron chi connectivity index (χ4n) is 5.72. The summed E-state index contributed by atoms with van der Waals surface area (Å²) in [6.45, 7) is 4.53. The first kappa shape index (κ1) is 52.2. The maximum Gasteiger partial charge on any atom is 0.306 e. The van der Waals surface area contributed by atoms with Crippen LogP contribution in [0.3, 0.4) is 0 Å². The fourth-order valence-corrected chi connectivity index (χ4v) is 5.72. The summed E-state index contributed by atoms with van der Waals surface area (Å²) in [4.78, 5) is 36.9. The van der Waals surface area contributed by atoms with Crippen molar-refractivity contribution in [3.63, 3.8) is 0 Å². The third-order valence-corrected chi connectivity index (χ3v) is 9.10. The van der Waals surface area contributed by atoms with Crippen molar-refractivity contribution in [3.05, 3.63) is 48.6 Å². The lowest BCUT2D eigenvalue weighted by Crippen LogP contribution is -2.44. The summed E-state index contributed by atoms with van der Waals surface area (Å²) in [6.07, 6.45) is 40.2. The van der Waals surface area contributed by atoms with Crippen molar-refractivity contribution in [3.8, 4) is 0 Å². The Kier molecular flexibility index (Phi) is 36.2. The van der Waals surface area contributed by atoms with Gasteiger partial charge in [0.25, 0.3) is 0 Å². The molecule has 0 aromatic carbocycles. The maximum atomic E-state index is 12.7. The zero-order valence-corrected chi connectivity index (χ0v) is 35.8. The van der Waals surface area contributed by atoms with Crippen molar-refractivity contribution >= 4 is 17.9 Å². The maximum absolute atomic E-state index is 12.7. The number of carbonyl (C=O) groups is 3. The Bertz CT molecular complexity index is 1050. The number of unbranched alkanes of at least 4 members (excludes halogenated alkanes) is 16. The fraction of sp³-hybridized carbons (Fsp3) is 0.761. The van der Waals surface area contributed by atoms with Crippen LogP contribution in [0.2, 0.25) is 0 Å². The highest BCUT2D eigenvalue weighted by Crippen LogP contribution is 2.15. The van der Waals surface area contributed by atoms with Crippen LogP contribution in [-0.2, 0) is 33.3 Å². The number of carboxylic acids is 1. The largest absolute Gasteiger partial charge is 0.545 e. The monoisotopic (exact) mass is 776 g/mol. The second kappa shape index (κ2) is 38.1. The van der Waals surface area contributed by atoms with E-state index in [4.69, 9.17) is 18.9 Å². The van der Waals surface area contributed by atoms with Crippen LogP contribution in [0.5, 0.6) is 0 Å². The minimum absolute atomic E-state index is 0.127. The number of carbonyl (C=O) groups excluding carboxylic acids is 3. The highest BCUT2D eigenvalue weighted by atomic mass is 16.7. The zero-order valence-electron chi connectivity index (χ0n) is 35.8. The first-order chi connectivity index (χ1) is 26.6. The van der Waals surface area contributed by atoms with Gasteiger partial charge >= 0.3 is 11.9 Å². The van der Waals surface area contributed by atoms with Gasteiger partial charge in [0, 0.05) is 12.8 Å². The van der Waals surface area contributed by atoms with Gasteiger partial charge in [-0.15, -0.1) is 0 Å². The Morgan fingerprint density at radius 3 is 1.51 bits per heavy atom. The molecule has 0 saturated carbocycles. The van der Waals surface area contributed by atoms with E-state index in [1.54, 1.807) is 0 Å². The standard InChI is InChI=1S/C46H81NO8/c1-6-8-10-12-14-16-18-20-21-22-23-25-26-28-30-32-34-36-43(48)53-40-42(41-54-46(45(50)51)52-39-38-47(3,4)5)55-44(49)37-35-33-31-29-27-24-19-17-15-13-11-9-7-2/h9,11,15,17,24,27,31,33,42,46H,6-8,10,12-14,16,18-23,25-26,28-30,32,34-41H2,1-5H3/b11-9-,17-15-,27-24-,33-31-. The molecule has 0 rings (SSSR count). The molecular weight excluding hydrogens is 695 g/mol. The van der Waals surface area contributed by atoms with Crippen molar-refractivity contribution in [1.29, 1.82) is 0 Å². The lowest BCUT2D eigenvalue weighted by atomic mass is 10.0. The Morgan fingerprint density at radius 1 is 0.564 bits per heavy atom. The summed E-state index contributed by atoms with van der Waals surface area (Å²) in [7, 11) is 5.88. The topological polar surface area (TPSA) is 111 Å². The van der Waals surface area contributed by atoms with E-state index in [-0.39, 0.29) is 38.6 Å². The molecule has 0 heterocycles. The molecule has 9 nitrogen and oxygen atoms in total. The molecule has 0 aliphatic rings. The molecule has 318 valence electrons. The van der Waals surface area contributed by atoms with Gasteiger partial charge < -0.3 is 33.3 Å². The molecule has 0 aliphatic carbocycles. The quantitative estimate of drug-likeness (QED) is 0.0200. The molecule has 0 N–H and O–H groups in total. The van der Waals surface area contributed by atoms with Gasteiger partial charge in [0.15, 0.2) is 12.4 Å².